The number of imidazole rings is 1. The van der Waals surface area contributed by atoms with E-state index in [1.807, 2.05) is 12.1 Å². The largest absolute Gasteiger partial charge is 0.325 e. The Morgan fingerprint density at radius 3 is 2.48 bits per heavy atom. The SMILES string of the molecule is CC(=O)n1c(S[C@@H](C)C(=O)Nc2ccc([N+](=O)[O-])cc2)nc2ccccc21. The van der Waals surface area contributed by atoms with Gasteiger partial charge in [-0.2, -0.15) is 0 Å². The Balaban J connectivity index is 1.76. The van der Waals surface area contributed by atoms with Gasteiger partial charge in [-0.1, -0.05) is 23.9 Å². The van der Waals surface area contributed by atoms with Crippen LogP contribution in [0.5, 0.6) is 0 Å². The first kappa shape index (κ1) is 18.6. The minimum atomic E-state index is -0.532. The summed E-state index contributed by atoms with van der Waals surface area (Å²) in [5, 5.41) is 13.3. The summed E-state index contributed by atoms with van der Waals surface area (Å²) in [5.41, 5.74) is 1.78. The third-order valence-corrected chi connectivity index (χ3v) is 4.89. The molecule has 0 fully saturated rings. The van der Waals surface area contributed by atoms with Crippen molar-refractivity contribution >= 4 is 46.0 Å². The number of non-ortho nitro benzene ring substituents is 1. The quantitative estimate of drug-likeness (QED) is 0.408. The van der Waals surface area contributed by atoms with E-state index in [4.69, 9.17) is 0 Å². The van der Waals surface area contributed by atoms with Crippen LogP contribution in [0.1, 0.15) is 18.6 Å². The highest BCUT2D eigenvalue weighted by Gasteiger charge is 2.21. The van der Waals surface area contributed by atoms with Crippen LogP contribution in [0.3, 0.4) is 0 Å². The summed E-state index contributed by atoms with van der Waals surface area (Å²) in [7, 11) is 0. The zero-order chi connectivity index (χ0) is 19.6. The molecular formula is C18H16N4O4S. The summed E-state index contributed by atoms with van der Waals surface area (Å²) in [6.45, 7) is 3.15. The molecule has 2 aromatic carbocycles. The van der Waals surface area contributed by atoms with Gasteiger partial charge < -0.3 is 5.32 Å². The lowest BCUT2D eigenvalue weighted by atomic mass is 10.3. The molecule has 1 aromatic heterocycles. The van der Waals surface area contributed by atoms with Crippen LogP contribution in [0.15, 0.2) is 53.7 Å². The maximum Gasteiger partial charge on any atom is 0.269 e. The van der Waals surface area contributed by atoms with E-state index in [0.29, 0.717) is 21.9 Å². The Morgan fingerprint density at radius 2 is 1.85 bits per heavy atom. The smallest absolute Gasteiger partial charge is 0.269 e. The molecule has 1 heterocycles. The summed E-state index contributed by atoms with van der Waals surface area (Å²) in [6.07, 6.45) is 0. The van der Waals surface area contributed by atoms with Gasteiger partial charge in [-0.25, -0.2) is 4.98 Å². The molecule has 0 aliphatic heterocycles. The van der Waals surface area contributed by atoms with Crippen molar-refractivity contribution in [3.05, 3.63) is 58.6 Å². The Hall–Kier alpha value is -3.20. The zero-order valence-corrected chi connectivity index (χ0v) is 15.4. The molecule has 0 aliphatic carbocycles. The Kier molecular flexibility index (Phi) is 5.22. The highest BCUT2D eigenvalue weighted by atomic mass is 32.2. The molecule has 27 heavy (non-hydrogen) atoms. The van der Waals surface area contributed by atoms with E-state index < -0.39 is 10.2 Å². The summed E-state index contributed by atoms with van der Waals surface area (Å²) in [4.78, 5) is 39.1. The lowest BCUT2D eigenvalue weighted by Crippen LogP contribution is -2.23. The number of rotatable bonds is 5. The van der Waals surface area contributed by atoms with Gasteiger partial charge in [-0.05, 0) is 31.2 Å². The molecular weight excluding hydrogens is 368 g/mol. The number of nitro benzene ring substituents is 1. The predicted molar refractivity (Wildman–Crippen MR) is 103 cm³/mol. The Labute approximate surface area is 158 Å². The average molecular weight is 384 g/mol. The maximum atomic E-state index is 12.4. The van der Waals surface area contributed by atoms with E-state index >= 15 is 0 Å². The molecule has 8 nitrogen and oxygen atoms in total. The molecule has 138 valence electrons. The number of amides is 1. The van der Waals surface area contributed by atoms with Crippen LogP contribution >= 0.6 is 11.8 Å². The molecule has 1 atom stereocenters. The fraction of sp³-hybridized carbons (Fsp3) is 0.167. The Bertz CT molecular complexity index is 1030. The minimum Gasteiger partial charge on any atom is -0.325 e. The van der Waals surface area contributed by atoms with E-state index in [1.165, 1.54) is 47.5 Å². The van der Waals surface area contributed by atoms with Gasteiger partial charge in [0.2, 0.25) is 11.8 Å². The van der Waals surface area contributed by atoms with Crippen molar-refractivity contribution in [2.45, 2.75) is 24.3 Å². The second kappa shape index (κ2) is 7.58. The number of nitro groups is 1. The zero-order valence-electron chi connectivity index (χ0n) is 14.6. The van der Waals surface area contributed by atoms with Crippen LogP contribution in [0.4, 0.5) is 11.4 Å². The number of nitrogens with one attached hydrogen (secondary N) is 1. The third kappa shape index (κ3) is 3.98. The van der Waals surface area contributed by atoms with Crippen molar-refractivity contribution in [1.82, 2.24) is 9.55 Å². The van der Waals surface area contributed by atoms with Gasteiger partial charge in [-0.3, -0.25) is 24.3 Å². The third-order valence-electron chi connectivity index (χ3n) is 3.84. The highest BCUT2D eigenvalue weighted by molar-refractivity contribution is 8.00. The second-order valence-corrected chi connectivity index (χ2v) is 7.10. The molecule has 1 amide bonds. The number of benzene rings is 2. The van der Waals surface area contributed by atoms with E-state index in [2.05, 4.69) is 10.3 Å². The van der Waals surface area contributed by atoms with E-state index in [-0.39, 0.29) is 17.5 Å². The van der Waals surface area contributed by atoms with Crippen molar-refractivity contribution in [3.8, 4) is 0 Å². The number of fused-ring (bicyclic) bond motifs is 1. The van der Waals surface area contributed by atoms with Crippen molar-refractivity contribution in [2.75, 3.05) is 5.32 Å². The molecule has 0 aliphatic rings. The number of carbonyl (C=O) groups is 2. The summed E-state index contributed by atoms with van der Waals surface area (Å²) in [5.74, 6) is -0.481. The van der Waals surface area contributed by atoms with Crippen LogP contribution in [0, 0.1) is 10.1 Å². The number of anilines is 1. The molecule has 3 rings (SSSR count). The number of carbonyl (C=O) groups excluding carboxylic acids is 2. The standard InChI is InChI=1S/C18H16N4O4S/c1-11(17(24)19-13-7-9-14(10-8-13)22(25)26)27-18-20-15-5-3-4-6-16(15)21(18)12(2)23/h3-11H,1-2H3,(H,19,24)/t11-/m0/s1. The number of para-hydroxylation sites is 2. The highest BCUT2D eigenvalue weighted by Crippen LogP contribution is 2.28. The number of thioether (sulfide) groups is 1. The average Bonchev–Trinajstić information content (AvgIpc) is 3.00. The summed E-state index contributed by atoms with van der Waals surface area (Å²) < 4.78 is 1.48. The minimum absolute atomic E-state index is 0.0504. The van der Waals surface area contributed by atoms with Crippen LogP contribution in [-0.2, 0) is 4.79 Å². The lowest BCUT2D eigenvalue weighted by Gasteiger charge is -2.12. The molecule has 0 unspecified atom stereocenters. The van der Waals surface area contributed by atoms with E-state index in [0.717, 1.165) is 0 Å². The molecule has 3 aromatic rings. The molecule has 9 heteroatoms. The molecule has 0 saturated carbocycles. The fourth-order valence-corrected chi connectivity index (χ4v) is 3.47. The number of aromatic nitrogens is 2. The first-order valence-electron chi connectivity index (χ1n) is 8.07. The molecule has 0 saturated heterocycles. The molecule has 1 N–H and O–H groups in total. The van der Waals surface area contributed by atoms with Gasteiger partial charge in [0.15, 0.2) is 5.16 Å². The topological polar surface area (TPSA) is 107 Å². The van der Waals surface area contributed by atoms with Gasteiger partial charge in [0.1, 0.15) is 0 Å². The van der Waals surface area contributed by atoms with Gasteiger partial charge >= 0.3 is 0 Å². The summed E-state index contributed by atoms with van der Waals surface area (Å²) in [6, 6.07) is 12.8. The number of hydrogen-bond donors (Lipinski definition) is 1. The summed E-state index contributed by atoms with van der Waals surface area (Å²) >= 11 is 1.17. The van der Waals surface area contributed by atoms with Crippen molar-refractivity contribution in [1.29, 1.82) is 0 Å². The van der Waals surface area contributed by atoms with Gasteiger partial charge in [0.05, 0.1) is 21.2 Å². The first-order chi connectivity index (χ1) is 12.9. The predicted octanol–water partition coefficient (Wildman–Crippen LogP) is 3.72. The van der Waals surface area contributed by atoms with E-state index in [1.54, 1.807) is 19.1 Å². The number of hydrogen-bond acceptors (Lipinski definition) is 6. The van der Waals surface area contributed by atoms with Crippen molar-refractivity contribution < 1.29 is 14.5 Å². The lowest BCUT2D eigenvalue weighted by molar-refractivity contribution is -0.384. The first-order valence-corrected chi connectivity index (χ1v) is 8.95. The fourth-order valence-electron chi connectivity index (χ4n) is 2.51. The van der Waals surface area contributed by atoms with Crippen molar-refractivity contribution in [3.63, 3.8) is 0 Å². The Morgan fingerprint density at radius 1 is 1.19 bits per heavy atom. The van der Waals surface area contributed by atoms with Crippen molar-refractivity contribution in [2.24, 2.45) is 0 Å². The van der Waals surface area contributed by atoms with Gasteiger partial charge in [-0.15, -0.1) is 0 Å². The second-order valence-electron chi connectivity index (χ2n) is 5.79. The molecule has 0 spiro atoms. The monoisotopic (exact) mass is 384 g/mol. The molecule has 0 bridgehead atoms. The van der Waals surface area contributed by atoms with Crippen LogP contribution in [0.2, 0.25) is 0 Å². The van der Waals surface area contributed by atoms with Gasteiger partial charge in [0, 0.05) is 24.7 Å². The van der Waals surface area contributed by atoms with Gasteiger partial charge in [0.25, 0.3) is 5.69 Å². The van der Waals surface area contributed by atoms with E-state index in [9.17, 15) is 19.7 Å². The van der Waals surface area contributed by atoms with Crippen LogP contribution in [-0.4, -0.2) is 31.5 Å². The maximum absolute atomic E-state index is 12.4. The number of nitrogens with zero attached hydrogens (tertiary/aromatic N) is 3. The van der Waals surface area contributed by atoms with Crippen LogP contribution in [0.25, 0.3) is 11.0 Å². The molecule has 0 radical (unpaired) electrons. The van der Waals surface area contributed by atoms with Crippen LogP contribution < -0.4 is 5.32 Å². The normalized spacial score (nSPS) is 11.9.